The molecule has 2 fully saturated rings. The first-order valence-corrected chi connectivity index (χ1v) is 12.0. The number of methoxy groups -OCH3 is 2. The fourth-order valence-corrected chi connectivity index (χ4v) is 5.23. The molecule has 0 bridgehead atoms. The normalized spacial score (nSPS) is 17.1. The van der Waals surface area contributed by atoms with Gasteiger partial charge in [0.1, 0.15) is 11.6 Å². The summed E-state index contributed by atoms with van der Waals surface area (Å²) in [5.74, 6) is 1.37. The minimum absolute atomic E-state index is 0.0905. The number of H-pyrrole nitrogens is 1. The first kappa shape index (κ1) is 23.7. The molecule has 1 aromatic carbocycles. The van der Waals surface area contributed by atoms with Gasteiger partial charge in [0, 0.05) is 42.7 Å². The lowest BCUT2D eigenvalue weighted by Crippen LogP contribution is -2.55. The highest BCUT2D eigenvalue weighted by atomic mass is 16.5. The zero-order valence-electron chi connectivity index (χ0n) is 20.7. The zero-order chi connectivity index (χ0) is 25.3. The molecular formula is C26H30N6O4. The molecule has 0 radical (unpaired) electrons. The van der Waals surface area contributed by atoms with Crippen LogP contribution in [0.4, 0.5) is 15.4 Å². The van der Waals surface area contributed by atoms with E-state index in [0.717, 1.165) is 28.1 Å². The number of benzene rings is 1. The van der Waals surface area contributed by atoms with E-state index in [2.05, 4.69) is 10.2 Å². The average molecular weight is 491 g/mol. The minimum Gasteiger partial charge on any atom is -0.497 e. The Balaban J connectivity index is 1.46. The number of piperidine rings is 1. The van der Waals surface area contributed by atoms with E-state index in [1.807, 2.05) is 54.4 Å². The Hall–Kier alpha value is -4.08. The standard InChI is InChI=1S/C26H30N6O4/c1-18-22(20-14-27-28-15-20)7-8-23(29-18)31-17-26(9-11-30(12-10-26)25(34)36-3)32(24(31)33)16-19-5-4-6-21(13-19)35-2/h4-8,13-15H,9-12,16-17H2,1-3H3,(H,27,28). The monoisotopic (exact) mass is 490 g/mol. The summed E-state index contributed by atoms with van der Waals surface area (Å²) in [5.41, 5.74) is 3.30. The fraction of sp³-hybridized carbons (Fsp3) is 0.385. The Kier molecular flexibility index (Phi) is 6.26. The van der Waals surface area contributed by atoms with Crippen LogP contribution in [0.2, 0.25) is 0 Å². The number of likely N-dealkylation sites (tertiary alicyclic amines) is 1. The maximum Gasteiger partial charge on any atom is 0.409 e. The number of aromatic amines is 1. The number of rotatable bonds is 5. The Bertz CT molecular complexity index is 1250. The van der Waals surface area contributed by atoms with Crippen molar-refractivity contribution in [3.05, 3.63) is 60.0 Å². The van der Waals surface area contributed by atoms with Crippen LogP contribution in [0.1, 0.15) is 24.1 Å². The van der Waals surface area contributed by atoms with Gasteiger partial charge in [-0.1, -0.05) is 12.1 Å². The highest BCUT2D eigenvalue weighted by Gasteiger charge is 2.52. The van der Waals surface area contributed by atoms with Gasteiger partial charge in [-0.2, -0.15) is 5.10 Å². The molecule has 2 saturated heterocycles. The third-order valence-electron chi connectivity index (χ3n) is 7.25. The first-order valence-electron chi connectivity index (χ1n) is 12.0. The highest BCUT2D eigenvalue weighted by Crippen LogP contribution is 2.39. The number of ether oxygens (including phenoxy) is 2. The summed E-state index contributed by atoms with van der Waals surface area (Å²) in [5, 5.41) is 6.85. The van der Waals surface area contributed by atoms with E-state index in [9.17, 15) is 9.59 Å². The van der Waals surface area contributed by atoms with E-state index in [0.29, 0.717) is 44.8 Å². The van der Waals surface area contributed by atoms with E-state index >= 15 is 0 Å². The van der Waals surface area contributed by atoms with Crippen LogP contribution in [0.15, 0.2) is 48.8 Å². The number of urea groups is 1. The van der Waals surface area contributed by atoms with Crippen molar-refractivity contribution in [2.75, 3.05) is 38.8 Å². The van der Waals surface area contributed by atoms with Crippen molar-refractivity contribution in [2.45, 2.75) is 31.8 Å². The number of carbonyl (C=O) groups is 2. The van der Waals surface area contributed by atoms with E-state index in [4.69, 9.17) is 14.5 Å². The molecule has 4 heterocycles. The molecule has 36 heavy (non-hydrogen) atoms. The lowest BCUT2D eigenvalue weighted by molar-refractivity contribution is 0.0615. The van der Waals surface area contributed by atoms with Crippen LogP contribution in [-0.4, -0.2) is 76.5 Å². The maximum atomic E-state index is 13.9. The maximum absolute atomic E-state index is 13.9. The molecule has 5 rings (SSSR count). The number of aromatic nitrogens is 3. The van der Waals surface area contributed by atoms with Gasteiger partial charge in [0.15, 0.2) is 0 Å². The lowest BCUT2D eigenvalue weighted by Gasteiger charge is -2.43. The number of hydrogen-bond donors (Lipinski definition) is 1. The van der Waals surface area contributed by atoms with Crippen LogP contribution in [0.3, 0.4) is 0 Å². The summed E-state index contributed by atoms with van der Waals surface area (Å²) in [4.78, 5) is 36.2. The third-order valence-corrected chi connectivity index (χ3v) is 7.25. The van der Waals surface area contributed by atoms with Crippen LogP contribution in [0.5, 0.6) is 5.75 Å². The lowest BCUT2D eigenvalue weighted by atomic mass is 9.86. The largest absolute Gasteiger partial charge is 0.497 e. The van der Waals surface area contributed by atoms with Gasteiger partial charge < -0.3 is 19.3 Å². The molecule has 0 saturated carbocycles. The summed E-state index contributed by atoms with van der Waals surface area (Å²) in [7, 11) is 3.02. The Morgan fingerprint density at radius 1 is 1.17 bits per heavy atom. The molecule has 10 nitrogen and oxygen atoms in total. The van der Waals surface area contributed by atoms with Gasteiger partial charge >= 0.3 is 12.1 Å². The molecule has 0 unspecified atom stereocenters. The molecule has 1 N–H and O–H groups in total. The first-order chi connectivity index (χ1) is 17.4. The number of aryl methyl sites for hydroxylation is 1. The molecule has 2 aliphatic rings. The van der Waals surface area contributed by atoms with Crippen molar-refractivity contribution >= 4 is 17.9 Å². The van der Waals surface area contributed by atoms with Gasteiger partial charge in [0.25, 0.3) is 0 Å². The topological polar surface area (TPSA) is 104 Å². The number of anilines is 1. The minimum atomic E-state index is -0.427. The number of nitrogens with zero attached hydrogens (tertiary/aromatic N) is 5. The van der Waals surface area contributed by atoms with E-state index < -0.39 is 5.54 Å². The summed E-state index contributed by atoms with van der Waals surface area (Å²) in [6.45, 7) is 3.92. The van der Waals surface area contributed by atoms with Gasteiger partial charge in [-0.05, 0) is 49.6 Å². The van der Waals surface area contributed by atoms with Gasteiger partial charge in [0.05, 0.1) is 32.5 Å². The van der Waals surface area contributed by atoms with Crippen molar-refractivity contribution in [1.82, 2.24) is 25.0 Å². The molecule has 0 atom stereocenters. The summed E-state index contributed by atoms with van der Waals surface area (Å²) >= 11 is 0. The summed E-state index contributed by atoms with van der Waals surface area (Å²) in [6, 6.07) is 11.5. The molecule has 3 amide bonds. The van der Waals surface area contributed by atoms with Crippen molar-refractivity contribution in [2.24, 2.45) is 0 Å². The van der Waals surface area contributed by atoms with Gasteiger partial charge in [-0.3, -0.25) is 10.00 Å². The second-order valence-electron chi connectivity index (χ2n) is 9.28. The molecular weight excluding hydrogens is 460 g/mol. The average Bonchev–Trinajstić information content (AvgIpc) is 3.52. The second kappa shape index (κ2) is 9.52. The molecule has 2 aromatic heterocycles. The third kappa shape index (κ3) is 4.23. The SMILES string of the molecule is COC(=O)N1CCC2(CC1)CN(c1ccc(-c3cn[nH]c3)c(C)n1)C(=O)N2Cc1cccc(OC)c1. The second-order valence-corrected chi connectivity index (χ2v) is 9.28. The Morgan fingerprint density at radius 2 is 1.97 bits per heavy atom. The molecule has 188 valence electrons. The quantitative estimate of drug-likeness (QED) is 0.583. The Morgan fingerprint density at radius 3 is 2.64 bits per heavy atom. The van der Waals surface area contributed by atoms with Crippen LogP contribution in [-0.2, 0) is 11.3 Å². The number of pyridine rings is 1. The van der Waals surface area contributed by atoms with Crippen molar-refractivity contribution in [3.63, 3.8) is 0 Å². The van der Waals surface area contributed by atoms with Gasteiger partial charge in [-0.25, -0.2) is 14.6 Å². The van der Waals surface area contributed by atoms with Crippen molar-refractivity contribution in [1.29, 1.82) is 0 Å². The number of amides is 3. The summed E-state index contributed by atoms with van der Waals surface area (Å²) in [6.07, 6.45) is 4.55. The van der Waals surface area contributed by atoms with E-state index in [1.54, 1.807) is 23.1 Å². The molecule has 1 spiro atoms. The van der Waals surface area contributed by atoms with Gasteiger partial charge in [-0.15, -0.1) is 0 Å². The van der Waals surface area contributed by atoms with E-state index in [-0.39, 0.29) is 12.1 Å². The van der Waals surface area contributed by atoms with Crippen LogP contribution in [0.25, 0.3) is 11.1 Å². The summed E-state index contributed by atoms with van der Waals surface area (Å²) < 4.78 is 10.3. The van der Waals surface area contributed by atoms with Crippen molar-refractivity contribution in [3.8, 4) is 16.9 Å². The molecule has 0 aliphatic carbocycles. The molecule has 3 aromatic rings. The number of nitrogens with one attached hydrogen (secondary N) is 1. The zero-order valence-corrected chi connectivity index (χ0v) is 20.7. The Labute approximate surface area is 209 Å². The van der Waals surface area contributed by atoms with Crippen LogP contribution in [0, 0.1) is 6.92 Å². The fourth-order valence-electron chi connectivity index (χ4n) is 5.23. The molecule has 10 heteroatoms. The predicted octanol–water partition coefficient (Wildman–Crippen LogP) is 3.83. The number of hydrogen-bond acceptors (Lipinski definition) is 6. The molecule has 2 aliphatic heterocycles. The number of carbonyl (C=O) groups excluding carboxylic acids is 2. The van der Waals surface area contributed by atoms with E-state index in [1.165, 1.54) is 7.11 Å². The van der Waals surface area contributed by atoms with Crippen LogP contribution < -0.4 is 9.64 Å². The van der Waals surface area contributed by atoms with Gasteiger partial charge in [0.2, 0.25) is 0 Å². The highest BCUT2D eigenvalue weighted by molar-refractivity contribution is 5.95. The van der Waals surface area contributed by atoms with Crippen LogP contribution >= 0.6 is 0 Å². The smallest absolute Gasteiger partial charge is 0.409 e. The van der Waals surface area contributed by atoms with Crippen molar-refractivity contribution < 1.29 is 19.1 Å². The predicted molar refractivity (Wildman–Crippen MR) is 134 cm³/mol.